The second-order valence-electron chi connectivity index (χ2n) is 9.95. The highest BCUT2D eigenvalue weighted by Crippen LogP contribution is 2.27. The molecule has 0 unspecified atom stereocenters. The fraction of sp³-hybridized carbons (Fsp3) is 0.241. The number of thiazole rings is 1. The van der Waals surface area contributed by atoms with E-state index < -0.39 is 17.8 Å². The third kappa shape index (κ3) is 5.65. The van der Waals surface area contributed by atoms with Gasteiger partial charge < -0.3 is 21.5 Å². The summed E-state index contributed by atoms with van der Waals surface area (Å²) < 4.78 is 16.2. The van der Waals surface area contributed by atoms with E-state index in [4.69, 9.17) is 5.73 Å². The molecular weight excluding hydrogens is 531 g/mol. The predicted octanol–water partition coefficient (Wildman–Crippen LogP) is 4.40. The fourth-order valence-corrected chi connectivity index (χ4v) is 5.45. The Labute approximate surface area is 233 Å². The molecule has 2 amide bonds. The maximum atomic E-state index is 13.7. The molecule has 9 nitrogen and oxygen atoms in total. The normalized spacial score (nSPS) is 12.2. The minimum absolute atomic E-state index is 0.187. The number of pyridine rings is 1. The Morgan fingerprint density at radius 3 is 2.60 bits per heavy atom. The highest BCUT2D eigenvalue weighted by atomic mass is 32.1. The van der Waals surface area contributed by atoms with E-state index in [1.165, 1.54) is 35.6 Å². The van der Waals surface area contributed by atoms with Crippen LogP contribution >= 0.6 is 11.3 Å². The van der Waals surface area contributed by atoms with Crippen molar-refractivity contribution in [3.8, 4) is 11.3 Å². The molecule has 5 aromatic rings. The summed E-state index contributed by atoms with van der Waals surface area (Å²) in [6.07, 6.45) is 2.23. The van der Waals surface area contributed by atoms with Crippen LogP contribution in [0.25, 0.3) is 27.1 Å². The van der Waals surface area contributed by atoms with Crippen molar-refractivity contribution in [3.05, 3.63) is 83.4 Å². The minimum Gasteiger partial charge on any atom is -0.394 e. The number of nitrogens with two attached hydrogens (primary N) is 1. The average Bonchev–Trinajstić information content (AvgIpc) is 3.50. The molecular formula is C29H29FN6O3S. The number of imidazole rings is 1. The number of carbonyl (C=O) groups is 2. The summed E-state index contributed by atoms with van der Waals surface area (Å²) >= 11 is 1.38. The van der Waals surface area contributed by atoms with E-state index in [1.54, 1.807) is 22.7 Å². The van der Waals surface area contributed by atoms with Crippen LogP contribution in [0, 0.1) is 11.7 Å². The van der Waals surface area contributed by atoms with Crippen LogP contribution in [0.4, 0.5) is 9.52 Å². The van der Waals surface area contributed by atoms with E-state index >= 15 is 0 Å². The second-order valence-corrected chi connectivity index (χ2v) is 11.0. The van der Waals surface area contributed by atoms with Crippen LogP contribution in [0.2, 0.25) is 0 Å². The predicted molar refractivity (Wildman–Crippen MR) is 154 cm³/mol. The summed E-state index contributed by atoms with van der Waals surface area (Å²) in [6.45, 7) is 4.05. The number of aliphatic hydroxyl groups is 1. The number of rotatable bonds is 9. The number of aliphatic hydroxyl groups excluding tert-OH is 1. The van der Waals surface area contributed by atoms with Gasteiger partial charge in [0, 0.05) is 18.3 Å². The third-order valence-electron chi connectivity index (χ3n) is 6.46. The molecule has 11 heteroatoms. The summed E-state index contributed by atoms with van der Waals surface area (Å²) in [4.78, 5) is 35.8. The first-order valence-corrected chi connectivity index (χ1v) is 13.7. The molecule has 0 radical (unpaired) electrons. The van der Waals surface area contributed by atoms with Gasteiger partial charge in [-0.05, 0) is 66.4 Å². The molecule has 2 aromatic carbocycles. The van der Waals surface area contributed by atoms with Crippen molar-refractivity contribution in [2.75, 3.05) is 12.3 Å². The summed E-state index contributed by atoms with van der Waals surface area (Å²) in [5.74, 6) is -0.998. The van der Waals surface area contributed by atoms with Crippen molar-refractivity contribution in [2.45, 2.75) is 32.9 Å². The van der Waals surface area contributed by atoms with Crippen LogP contribution in [-0.2, 0) is 6.54 Å². The number of amides is 2. The number of hydrogen-bond donors (Lipinski definition) is 4. The maximum Gasteiger partial charge on any atom is 0.270 e. The number of nitrogens with one attached hydrogen (secondary N) is 2. The van der Waals surface area contributed by atoms with E-state index in [0.717, 1.165) is 15.8 Å². The van der Waals surface area contributed by atoms with Gasteiger partial charge in [0.25, 0.3) is 11.8 Å². The first-order chi connectivity index (χ1) is 19.2. The largest absolute Gasteiger partial charge is 0.394 e. The zero-order valence-corrected chi connectivity index (χ0v) is 22.8. The Morgan fingerprint density at radius 2 is 1.88 bits per heavy atom. The summed E-state index contributed by atoms with van der Waals surface area (Å²) in [7, 11) is 0. The molecule has 5 N–H and O–H groups in total. The van der Waals surface area contributed by atoms with E-state index in [0.29, 0.717) is 22.8 Å². The molecule has 0 spiro atoms. The van der Waals surface area contributed by atoms with Crippen LogP contribution in [0.15, 0.2) is 60.8 Å². The summed E-state index contributed by atoms with van der Waals surface area (Å²) in [5.41, 5.74) is 9.04. The number of aromatic nitrogens is 3. The van der Waals surface area contributed by atoms with Gasteiger partial charge in [0.2, 0.25) is 0 Å². The molecule has 0 aliphatic carbocycles. The van der Waals surface area contributed by atoms with Crippen LogP contribution < -0.4 is 16.4 Å². The van der Waals surface area contributed by atoms with Crippen molar-refractivity contribution in [2.24, 2.45) is 5.92 Å². The van der Waals surface area contributed by atoms with Crippen LogP contribution in [0.5, 0.6) is 0 Å². The standard InChI is InChI=1S/C29H29FN6O3S/c1-16(2)12-20(15-37)33-28(39)25-24(18-6-8-19(30)9-7-18)35-26-21(4-3-11-36(25)26)27(38)32-14-17-5-10-22-23(13-17)40-29(31)34-22/h3-11,13,16,20,37H,12,14-15H2,1-2H3,(H2,31,34)(H,32,38)(H,33,39)/t20-/m0/s1. The van der Waals surface area contributed by atoms with E-state index in [2.05, 4.69) is 20.6 Å². The van der Waals surface area contributed by atoms with Crippen LogP contribution in [0.1, 0.15) is 46.7 Å². The first-order valence-electron chi connectivity index (χ1n) is 12.9. The van der Waals surface area contributed by atoms with Crippen molar-refractivity contribution < 1.29 is 19.1 Å². The molecule has 1 atom stereocenters. The number of anilines is 1. The SMILES string of the molecule is CC(C)C[C@@H](CO)NC(=O)c1c(-c2ccc(F)cc2)nc2c(C(=O)NCc3ccc4nc(N)sc4c3)cccn12. The zero-order valence-electron chi connectivity index (χ0n) is 22.0. The topological polar surface area (TPSA) is 135 Å². The summed E-state index contributed by atoms with van der Waals surface area (Å²) in [5, 5.41) is 16.1. The van der Waals surface area contributed by atoms with Gasteiger partial charge in [-0.1, -0.05) is 31.3 Å². The van der Waals surface area contributed by atoms with Crippen molar-refractivity contribution in [3.63, 3.8) is 0 Å². The lowest BCUT2D eigenvalue weighted by Crippen LogP contribution is -2.39. The van der Waals surface area contributed by atoms with Crippen molar-refractivity contribution in [1.29, 1.82) is 0 Å². The van der Waals surface area contributed by atoms with Gasteiger partial charge in [0.05, 0.1) is 28.4 Å². The van der Waals surface area contributed by atoms with Gasteiger partial charge in [-0.25, -0.2) is 14.4 Å². The smallest absolute Gasteiger partial charge is 0.270 e. The van der Waals surface area contributed by atoms with Gasteiger partial charge in [-0.15, -0.1) is 0 Å². The fourth-order valence-electron chi connectivity index (χ4n) is 4.65. The molecule has 40 heavy (non-hydrogen) atoms. The molecule has 0 saturated heterocycles. The molecule has 0 saturated carbocycles. The van der Waals surface area contributed by atoms with Crippen LogP contribution in [0.3, 0.4) is 0 Å². The number of fused-ring (bicyclic) bond motifs is 2. The monoisotopic (exact) mass is 560 g/mol. The third-order valence-corrected chi connectivity index (χ3v) is 7.31. The quantitative estimate of drug-likeness (QED) is 0.211. The molecule has 206 valence electrons. The van der Waals surface area contributed by atoms with Gasteiger partial charge in [0.15, 0.2) is 10.8 Å². The van der Waals surface area contributed by atoms with Crippen molar-refractivity contribution >= 4 is 44.1 Å². The second kappa shape index (κ2) is 11.4. The molecule has 3 aromatic heterocycles. The Morgan fingerprint density at radius 1 is 1.10 bits per heavy atom. The molecule has 5 rings (SSSR count). The highest BCUT2D eigenvalue weighted by Gasteiger charge is 2.25. The van der Waals surface area contributed by atoms with Gasteiger partial charge in [0.1, 0.15) is 17.2 Å². The number of carbonyl (C=O) groups excluding carboxylic acids is 2. The first kappa shape index (κ1) is 27.2. The average molecular weight is 561 g/mol. The number of benzene rings is 2. The lowest BCUT2D eigenvalue weighted by Gasteiger charge is -2.18. The molecule has 0 aliphatic rings. The number of nitrogens with zero attached hydrogens (tertiary/aromatic N) is 3. The maximum absolute atomic E-state index is 13.7. The Hall–Kier alpha value is -4.35. The lowest BCUT2D eigenvalue weighted by atomic mass is 10.0. The van der Waals surface area contributed by atoms with E-state index in [9.17, 15) is 19.1 Å². The molecule has 3 heterocycles. The van der Waals surface area contributed by atoms with Gasteiger partial charge >= 0.3 is 0 Å². The Kier molecular flexibility index (Phi) is 7.76. The van der Waals surface area contributed by atoms with E-state index in [-0.39, 0.29) is 41.9 Å². The number of nitrogen functional groups attached to an aromatic ring is 1. The van der Waals surface area contributed by atoms with E-state index in [1.807, 2.05) is 32.0 Å². The molecule has 0 fully saturated rings. The minimum atomic E-state index is -0.461. The Balaban J connectivity index is 1.50. The summed E-state index contributed by atoms with van der Waals surface area (Å²) in [6, 6.07) is 14.2. The number of halogens is 1. The lowest BCUT2D eigenvalue weighted by molar-refractivity contribution is 0.0901. The molecule has 0 aliphatic heterocycles. The zero-order chi connectivity index (χ0) is 28.4. The highest BCUT2D eigenvalue weighted by molar-refractivity contribution is 7.22. The number of hydrogen-bond acceptors (Lipinski definition) is 7. The Bertz CT molecular complexity index is 1700. The molecule has 0 bridgehead atoms. The van der Waals surface area contributed by atoms with Gasteiger partial charge in [-0.2, -0.15) is 0 Å². The van der Waals surface area contributed by atoms with Crippen molar-refractivity contribution in [1.82, 2.24) is 25.0 Å². The van der Waals surface area contributed by atoms with Gasteiger partial charge in [-0.3, -0.25) is 14.0 Å². The van der Waals surface area contributed by atoms with Crippen LogP contribution in [-0.4, -0.2) is 43.9 Å².